The van der Waals surface area contributed by atoms with Crippen molar-refractivity contribution < 1.29 is 14.4 Å². The lowest BCUT2D eigenvalue weighted by Gasteiger charge is -2.25. The van der Waals surface area contributed by atoms with E-state index in [1.54, 1.807) is 0 Å². The first kappa shape index (κ1) is 10.1. The van der Waals surface area contributed by atoms with E-state index < -0.39 is 5.97 Å². The van der Waals surface area contributed by atoms with Gasteiger partial charge < -0.3 is 15.4 Å². The van der Waals surface area contributed by atoms with Crippen molar-refractivity contribution in [1.82, 2.24) is 10.1 Å². The van der Waals surface area contributed by atoms with Gasteiger partial charge in [-0.05, 0) is 18.0 Å². The van der Waals surface area contributed by atoms with Crippen LogP contribution in [0.2, 0.25) is 0 Å². The molecule has 2 unspecified atom stereocenters. The highest BCUT2D eigenvalue weighted by Gasteiger charge is 2.29. The fourth-order valence-corrected chi connectivity index (χ4v) is 1.94. The monoisotopic (exact) mass is 211 g/mol. The molecule has 2 atom stereocenters. The number of carbonyl (C=O) groups is 1. The molecule has 0 bridgehead atoms. The van der Waals surface area contributed by atoms with E-state index in [1.807, 2.05) is 0 Å². The predicted octanol–water partition coefficient (Wildman–Crippen LogP) is 0.753. The van der Waals surface area contributed by atoms with Crippen LogP contribution >= 0.6 is 0 Å². The molecular formula is C9H13N3O3. The summed E-state index contributed by atoms with van der Waals surface area (Å²) in [5.41, 5.74) is 5.92. The van der Waals surface area contributed by atoms with E-state index in [-0.39, 0.29) is 17.8 Å². The molecule has 0 radical (unpaired) electrons. The molecule has 0 aliphatic heterocycles. The number of aromatic nitrogens is 2. The summed E-state index contributed by atoms with van der Waals surface area (Å²) in [7, 11) is 0. The van der Waals surface area contributed by atoms with Gasteiger partial charge in [0.1, 0.15) is 0 Å². The second-order valence-electron chi connectivity index (χ2n) is 3.82. The summed E-state index contributed by atoms with van der Waals surface area (Å²) < 4.78 is 4.91. The Kier molecular flexibility index (Phi) is 2.68. The molecule has 0 spiro atoms. The molecule has 1 aliphatic carbocycles. The molecule has 0 aromatic carbocycles. The third kappa shape index (κ3) is 1.99. The minimum absolute atomic E-state index is 0.000782. The fraction of sp³-hybridized carbons (Fsp3) is 0.667. The molecule has 3 N–H and O–H groups in total. The van der Waals surface area contributed by atoms with E-state index >= 15 is 0 Å². The molecule has 1 aromatic rings. The van der Waals surface area contributed by atoms with Crippen molar-refractivity contribution in [2.45, 2.75) is 37.6 Å². The largest absolute Gasteiger partial charge is 0.475 e. The fourth-order valence-electron chi connectivity index (χ4n) is 1.94. The Bertz CT molecular complexity index is 363. The average molecular weight is 211 g/mol. The van der Waals surface area contributed by atoms with Gasteiger partial charge in [-0.25, -0.2) is 4.79 Å². The molecule has 1 aliphatic rings. The summed E-state index contributed by atoms with van der Waals surface area (Å²) in [6.45, 7) is 0. The number of carboxylic acids is 1. The normalized spacial score (nSPS) is 26.5. The zero-order valence-corrected chi connectivity index (χ0v) is 8.22. The zero-order valence-electron chi connectivity index (χ0n) is 8.22. The first-order valence-electron chi connectivity index (χ1n) is 5.01. The Morgan fingerprint density at radius 3 is 2.80 bits per heavy atom. The predicted molar refractivity (Wildman–Crippen MR) is 50.4 cm³/mol. The maximum Gasteiger partial charge on any atom is 0.377 e. The lowest BCUT2D eigenvalue weighted by atomic mass is 9.85. The Morgan fingerprint density at radius 1 is 1.47 bits per heavy atom. The quantitative estimate of drug-likeness (QED) is 0.748. The number of hydrogen-bond donors (Lipinski definition) is 2. The van der Waals surface area contributed by atoms with Crippen molar-refractivity contribution in [2.75, 3.05) is 0 Å². The molecule has 1 fully saturated rings. The van der Waals surface area contributed by atoms with E-state index in [9.17, 15) is 4.79 Å². The van der Waals surface area contributed by atoms with Gasteiger partial charge >= 0.3 is 5.97 Å². The van der Waals surface area contributed by atoms with Crippen LogP contribution in [0.1, 0.15) is 48.1 Å². The Balaban J connectivity index is 2.17. The second kappa shape index (κ2) is 3.98. The van der Waals surface area contributed by atoms with Crippen molar-refractivity contribution in [3.63, 3.8) is 0 Å². The Labute approximate surface area is 86.5 Å². The summed E-state index contributed by atoms with van der Waals surface area (Å²) in [4.78, 5) is 14.4. The molecular weight excluding hydrogens is 198 g/mol. The van der Waals surface area contributed by atoms with Crippen LogP contribution in [-0.4, -0.2) is 27.3 Å². The van der Waals surface area contributed by atoms with Crippen LogP contribution in [0.25, 0.3) is 0 Å². The minimum atomic E-state index is -1.17. The highest BCUT2D eigenvalue weighted by atomic mass is 16.5. The number of aromatic carboxylic acids is 1. The summed E-state index contributed by atoms with van der Waals surface area (Å²) in [6, 6.07) is 0.000782. The summed E-state index contributed by atoms with van der Waals surface area (Å²) in [5.74, 6) is -1.09. The van der Waals surface area contributed by atoms with Crippen LogP contribution in [0.4, 0.5) is 0 Å². The van der Waals surface area contributed by atoms with Crippen LogP contribution < -0.4 is 5.73 Å². The molecule has 1 heterocycles. The van der Waals surface area contributed by atoms with Crippen molar-refractivity contribution in [3.05, 3.63) is 11.7 Å². The van der Waals surface area contributed by atoms with Gasteiger partial charge in [0, 0.05) is 6.04 Å². The van der Waals surface area contributed by atoms with E-state index in [0.717, 1.165) is 25.7 Å². The number of nitrogens with two attached hydrogens (primary N) is 1. The zero-order chi connectivity index (χ0) is 10.8. The molecule has 1 saturated carbocycles. The molecule has 15 heavy (non-hydrogen) atoms. The Hall–Kier alpha value is -1.43. The van der Waals surface area contributed by atoms with Crippen molar-refractivity contribution in [1.29, 1.82) is 0 Å². The maximum absolute atomic E-state index is 10.6. The number of nitrogens with zero attached hydrogens (tertiary/aromatic N) is 2. The van der Waals surface area contributed by atoms with Crippen molar-refractivity contribution in [3.8, 4) is 0 Å². The number of carboxylic acid groups (broad SMARTS) is 1. The van der Waals surface area contributed by atoms with Crippen LogP contribution in [0, 0.1) is 0 Å². The third-order valence-electron chi connectivity index (χ3n) is 2.77. The summed E-state index contributed by atoms with van der Waals surface area (Å²) in [5, 5.41) is 12.0. The van der Waals surface area contributed by atoms with Gasteiger partial charge in [-0.2, -0.15) is 4.98 Å². The van der Waals surface area contributed by atoms with Crippen molar-refractivity contribution >= 4 is 5.97 Å². The molecule has 6 nitrogen and oxygen atoms in total. The van der Waals surface area contributed by atoms with Crippen LogP contribution in [0.15, 0.2) is 4.52 Å². The van der Waals surface area contributed by atoms with E-state index in [2.05, 4.69) is 10.1 Å². The van der Waals surface area contributed by atoms with E-state index in [4.69, 9.17) is 15.4 Å². The van der Waals surface area contributed by atoms with E-state index in [1.165, 1.54) is 0 Å². The Morgan fingerprint density at radius 2 is 2.20 bits per heavy atom. The SMILES string of the molecule is NC1CCCCC1c1nc(C(=O)O)no1. The van der Waals surface area contributed by atoms with Gasteiger partial charge in [0.2, 0.25) is 5.89 Å². The molecule has 6 heteroatoms. The van der Waals surface area contributed by atoms with Gasteiger partial charge in [0.25, 0.3) is 5.82 Å². The molecule has 2 rings (SSSR count). The maximum atomic E-state index is 10.6. The standard InChI is InChI=1S/C9H13N3O3/c10-6-4-2-1-3-5(6)8-11-7(9(13)14)12-15-8/h5-6H,1-4,10H2,(H,13,14). The summed E-state index contributed by atoms with van der Waals surface area (Å²) in [6.07, 6.45) is 4.00. The van der Waals surface area contributed by atoms with Gasteiger partial charge in [0.05, 0.1) is 5.92 Å². The van der Waals surface area contributed by atoms with Gasteiger partial charge in [0.15, 0.2) is 0 Å². The van der Waals surface area contributed by atoms with Crippen molar-refractivity contribution in [2.24, 2.45) is 5.73 Å². The third-order valence-corrected chi connectivity index (χ3v) is 2.77. The highest BCUT2D eigenvalue weighted by molar-refractivity contribution is 5.82. The number of hydrogen-bond acceptors (Lipinski definition) is 5. The van der Waals surface area contributed by atoms with Crippen LogP contribution in [-0.2, 0) is 0 Å². The molecule has 1 aromatic heterocycles. The first-order chi connectivity index (χ1) is 7.18. The topological polar surface area (TPSA) is 102 Å². The summed E-state index contributed by atoms with van der Waals surface area (Å²) >= 11 is 0. The van der Waals surface area contributed by atoms with Gasteiger partial charge in [-0.15, -0.1) is 0 Å². The van der Waals surface area contributed by atoms with Gasteiger partial charge in [-0.1, -0.05) is 12.8 Å². The second-order valence-corrected chi connectivity index (χ2v) is 3.82. The van der Waals surface area contributed by atoms with Crippen LogP contribution in [0.3, 0.4) is 0 Å². The van der Waals surface area contributed by atoms with Crippen LogP contribution in [0.5, 0.6) is 0 Å². The average Bonchev–Trinajstić information content (AvgIpc) is 2.67. The smallest absolute Gasteiger partial charge is 0.377 e. The molecule has 0 saturated heterocycles. The number of rotatable bonds is 2. The molecule has 0 amide bonds. The first-order valence-corrected chi connectivity index (χ1v) is 5.01. The highest BCUT2D eigenvalue weighted by Crippen LogP contribution is 2.30. The van der Waals surface area contributed by atoms with E-state index in [0.29, 0.717) is 5.89 Å². The lowest BCUT2D eigenvalue weighted by Crippen LogP contribution is -2.31. The molecule has 82 valence electrons. The minimum Gasteiger partial charge on any atom is -0.475 e. The van der Waals surface area contributed by atoms with Gasteiger partial charge in [-0.3, -0.25) is 0 Å². The lowest BCUT2D eigenvalue weighted by molar-refractivity contribution is 0.0680.